The summed E-state index contributed by atoms with van der Waals surface area (Å²) in [7, 11) is 0. The van der Waals surface area contributed by atoms with Crippen LogP contribution in [0.5, 0.6) is 0 Å². The Morgan fingerprint density at radius 1 is 1.00 bits per heavy atom. The van der Waals surface area contributed by atoms with E-state index in [9.17, 15) is 14.4 Å². The van der Waals surface area contributed by atoms with Gasteiger partial charge in [0.25, 0.3) is 5.91 Å². The molecule has 2 aliphatic heterocycles. The molecule has 0 atom stereocenters. The van der Waals surface area contributed by atoms with Crippen LogP contribution in [0.15, 0.2) is 48.5 Å². The minimum absolute atomic E-state index is 0.00155. The summed E-state index contributed by atoms with van der Waals surface area (Å²) in [6.45, 7) is 5.56. The van der Waals surface area contributed by atoms with Crippen molar-refractivity contribution in [1.29, 1.82) is 0 Å². The summed E-state index contributed by atoms with van der Waals surface area (Å²) in [6, 6.07) is 15.7. The second kappa shape index (κ2) is 8.78. The largest absolute Gasteiger partial charge is 0.342 e. The number of piperidine rings is 1. The van der Waals surface area contributed by atoms with E-state index in [2.05, 4.69) is 10.2 Å². The molecule has 3 aliphatic rings. The van der Waals surface area contributed by atoms with E-state index < -0.39 is 5.54 Å². The molecule has 2 heterocycles. The summed E-state index contributed by atoms with van der Waals surface area (Å²) in [5, 5.41) is 2.94. The highest BCUT2D eigenvalue weighted by Crippen LogP contribution is 2.41. The molecule has 0 bridgehead atoms. The van der Waals surface area contributed by atoms with E-state index in [0.29, 0.717) is 32.6 Å². The lowest BCUT2D eigenvalue weighted by atomic mass is 9.85. The van der Waals surface area contributed by atoms with E-state index in [0.717, 1.165) is 29.8 Å². The Kier molecular flexibility index (Phi) is 5.80. The third-order valence-electron chi connectivity index (χ3n) is 7.54. The number of amides is 3. The van der Waals surface area contributed by atoms with Crippen LogP contribution in [0.1, 0.15) is 36.8 Å². The zero-order chi connectivity index (χ0) is 23.9. The van der Waals surface area contributed by atoms with Crippen LogP contribution in [-0.2, 0) is 14.4 Å². The number of carbonyl (C=O) groups is 3. The summed E-state index contributed by atoms with van der Waals surface area (Å²) >= 11 is 0. The molecule has 0 radical (unpaired) electrons. The molecule has 1 N–H and O–H groups in total. The number of likely N-dealkylation sites (tertiary alicyclic amines) is 1. The average molecular weight is 461 g/mol. The Morgan fingerprint density at radius 2 is 1.71 bits per heavy atom. The van der Waals surface area contributed by atoms with Crippen LogP contribution in [0.3, 0.4) is 0 Å². The fourth-order valence-electron chi connectivity index (χ4n) is 5.20. The Morgan fingerprint density at radius 3 is 2.35 bits per heavy atom. The molecule has 3 amide bonds. The van der Waals surface area contributed by atoms with E-state index in [4.69, 9.17) is 0 Å². The first-order valence-electron chi connectivity index (χ1n) is 12.2. The second-order valence-electron chi connectivity index (χ2n) is 9.89. The van der Waals surface area contributed by atoms with Gasteiger partial charge in [-0.2, -0.15) is 0 Å². The van der Waals surface area contributed by atoms with Crippen molar-refractivity contribution in [1.82, 2.24) is 9.80 Å². The third kappa shape index (κ3) is 4.15. The molecule has 7 nitrogen and oxygen atoms in total. The summed E-state index contributed by atoms with van der Waals surface area (Å²) in [4.78, 5) is 45.0. The molecule has 0 unspecified atom stereocenters. The van der Waals surface area contributed by atoms with Crippen molar-refractivity contribution in [2.45, 2.75) is 45.1 Å². The Hall–Kier alpha value is -3.35. The van der Waals surface area contributed by atoms with Crippen LogP contribution in [0.2, 0.25) is 0 Å². The molecule has 1 spiro atoms. The quantitative estimate of drug-likeness (QED) is 0.743. The number of aryl methyl sites for hydroxylation is 2. The monoisotopic (exact) mass is 460 g/mol. The van der Waals surface area contributed by atoms with Crippen molar-refractivity contribution in [3.63, 3.8) is 0 Å². The van der Waals surface area contributed by atoms with Crippen LogP contribution in [0.4, 0.5) is 11.4 Å². The van der Waals surface area contributed by atoms with Crippen LogP contribution in [0.25, 0.3) is 0 Å². The number of nitrogens with one attached hydrogen (secondary N) is 1. The normalized spacial score (nSPS) is 19.6. The van der Waals surface area contributed by atoms with E-state index >= 15 is 0 Å². The van der Waals surface area contributed by atoms with Gasteiger partial charge in [0.1, 0.15) is 12.1 Å². The lowest BCUT2D eigenvalue weighted by molar-refractivity contribution is -0.140. The predicted molar refractivity (Wildman–Crippen MR) is 131 cm³/mol. The molecule has 2 aromatic carbocycles. The second-order valence-corrected chi connectivity index (χ2v) is 9.89. The van der Waals surface area contributed by atoms with Crippen molar-refractivity contribution in [2.24, 2.45) is 5.92 Å². The summed E-state index contributed by atoms with van der Waals surface area (Å²) in [6.07, 6.45) is 3.13. The van der Waals surface area contributed by atoms with Gasteiger partial charge >= 0.3 is 0 Å². The number of carbonyl (C=O) groups excluding carboxylic acids is 3. The maximum Gasteiger partial charge on any atom is 0.250 e. The maximum atomic E-state index is 13.8. The fraction of sp³-hybridized carbons (Fsp3) is 0.444. The maximum absolute atomic E-state index is 13.8. The van der Waals surface area contributed by atoms with Crippen LogP contribution in [-0.4, -0.2) is 59.4 Å². The van der Waals surface area contributed by atoms with Gasteiger partial charge in [-0.1, -0.05) is 24.3 Å². The Labute approximate surface area is 200 Å². The SMILES string of the molecule is Cc1ccc(NC(=O)CN2CN(c3ccccc3)C3(CCN(C(=O)C4CC4)CC3)C2=O)cc1C. The predicted octanol–water partition coefficient (Wildman–Crippen LogP) is 3.32. The number of nitrogens with zero attached hydrogens (tertiary/aromatic N) is 3. The summed E-state index contributed by atoms with van der Waals surface area (Å²) in [5.41, 5.74) is 3.26. The zero-order valence-corrected chi connectivity index (χ0v) is 19.9. The molecule has 2 aromatic rings. The van der Waals surface area contributed by atoms with Crippen molar-refractivity contribution >= 4 is 29.1 Å². The van der Waals surface area contributed by atoms with Crippen LogP contribution >= 0.6 is 0 Å². The van der Waals surface area contributed by atoms with E-state index in [1.807, 2.05) is 67.3 Å². The lowest BCUT2D eigenvalue weighted by Crippen LogP contribution is -2.57. The van der Waals surface area contributed by atoms with Gasteiger partial charge in [-0.05, 0) is 74.9 Å². The van der Waals surface area contributed by atoms with Gasteiger partial charge in [0.2, 0.25) is 11.8 Å². The summed E-state index contributed by atoms with van der Waals surface area (Å²) < 4.78 is 0. The minimum Gasteiger partial charge on any atom is -0.342 e. The molecular formula is C27H32N4O3. The molecule has 1 aliphatic carbocycles. The third-order valence-corrected chi connectivity index (χ3v) is 7.54. The first kappa shape index (κ1) is 22.4. The van der Waals surface area contributed by atoms with E-state index in [-0.39, 0.29) is 30.2 Å². The van der Waals surface area contributed by atoms with Gasteiger partial charge in [0.15, 0.2) is 0 Å². The van der Waals surface area contributed by atoms with Crippen molar-refractivity contribution in [2.75, 3.05) is 36.5 Å². The molecule has 3 fully saturated rings. The first-order valence-corrected chi connectivity index (χ1v) is 12.2. The fourth-order valence-corrected chi connectivity index (χ4v) is 5.20. The summed E-state index contributed by atoms with van der Waals surface area (Å²) in [5.74, 6) is 0.188. The molecule has 1 saturated carbocycles. The first-order chi connectivity index (χ1) is 16.4. The molecule has 34 heavy (non-hydrogen) atoms. The number of hydrogen-bond donors (Lipinski definition) is 1. The van der Waals surface area contributed by atoms with Crippen LogP contribution in [0, 0.1) is 19.8 Å². The van der Waals surface area contributed by atoms with Gasteiger partial charge < -0.3 is 20.0 Å². The van der Waals surface area contributed by atoms with Crippen molar-refractivity contribution in [3.8, 4) is 0 Å². The average Bonchev–Trinajstić information content (AvgIpc) is 3.66. The molecule has 2 saturated heterocycles. The standard InChI is InChI=1S/C27H32N4O3/c1-19-8-11-22(16-20(19)2)28-24(32)17-30-18-31(23-6-4-3-5-7-23)27(26(30)34)12-14-29(15-13-27)25(33)21-9-10-21/h3-8,11,16,21H,9-10,12-15,17-18H2,1-2H3,(H,28,32). The number of anilines is 2. The van der Waals surface area contributed by atoms with Gasteiger partial charge in [0, 0.05) is 30.4 Å². The van der Waals surface area contributed by atoms with Gasteiger partial charge in [-0.25, -0.2) is 0 Å². The molecule has 5 rings (SSSR count). The topological polar surface area (TPSA) is 73.0 Å². The molecule has 178 valence electrons. The lowest BCUT2D eigenvalue weighted by Gasteiger charge is -2.43. The smallest absolute Gasteiger partial charge is 0.250 e. The minimum atomic E-state index is -0.720. The number of para-hydroxylation sites is 1. The number of rotatable bonds is 5. The molecular weight excluding hydrogens is 428 g/mol. The Balaban J connectivity index is 1.33. The highest BCUT2D eigenvalue weighted by atomic mass is 16.2. The van der Waals surface area contributed by atoms with Crippen molar-refractivity contribution in [3.05, 3.63) is 59.7 Å². The van der Waals surface area contributed by atoms with E-state index in [1.54, 1.807) is 4.90 Å². The van der Waals surface area contributed by atoms with Gasteiger partial charge in [-0.3, -0.25) is 14.4 Å². The number of hydrogen-bond acceptors (Lipinski definition) is 4. The zero-order valence-electron chi connectivity index (χ0n) is 19.9. The highest BCUT2D eigenvalue weighted by molar-refractivity contribution is 5.99. The Bertz CT molecular complexity index is 1100. The molecule has 7 heteroatoms. The van der Waals surface area contributed by atoms with Gasteiger partial charge in [0.05, 0.1) is 6.67 Å². The van der Waals surface area contributed by atoms with Crippen molar-refractivity contribution < 1.29 is 14.4 Å². The van der Waals surface area contributed by atoms with E-state index in [1.165, 1.54) is 5.56 Å². The highest BCUT2D eigenvalue weighted by Gasteiger charge is 2.54. The number of benzene rings is 2. The van der Waals surface area contributed by atoms with Crippen LogP contribution < -0.4 is 10.2 Å². The molecule has 0 aromatic heterocycles. The van der Waals surface area contributed by atoms with Gasteiger partial charge in [-0.15, -0.1) is 0 Å².